The average Bonchev–Trinajstić information content (AvgIpc) is 2.50. The molecular formula is C13H26ClN5O3. The molecule has 0 aliphatic carbocycles. The maximum Gasteiger partial charge on any atom is 0.321 e. The van der Waals surface area contributed by atoms with Crippen molar-refractivity contribution < 1.29 is 14.4 Å². The fourth-order valence-corrected chi connectivity index (χ4v) is 2.32. The number of rotatable bonds is 6. The number of imide groups is 1. The summed E-state index contributed by atoms with van der Waals surface area (Å²) in [6.45, 7) is 2.98. The highest BCUT2D eigenvalue weighted by molar-refractivity contribution is 5.94. The number of hydrogen-bond acceptors (Lipinski definition) is 5. The van der Waals surface area contributed by atoms with Gasteiger partial charge in [0, 0.05) is 39.6 Å². The van der Waals surface area contributed by atoms with Crippen molar-refractivity contribution in [2.45, 2.75) is 19.3 Å². The Labute approximate surface area is 136 Å². The summed E-state index contributed by atoms with van der Waals surface area (Å²) in [5.74, 6) is -0.337. The third-order valence-corrected chi connectivity index (χ3v) is 3.45. The Morgan fingerprint density at radius 3 is 2.68 bits per heavy atom. The van der Waals surface area contributed by atoms with Crippen LogP contribution in [0.3, 0.4) is 0 Å². The molecular weight excluding hydrogens is 310 g/mol. The Kier molecular flexibility index (Phi) is 10.5. The molecule has 9 heteroatoms. The van der Waals surface area contributed by atoms with Gasteiger partial charge in [-0.2, -0.15) is 0 Å². The first-order valence-corrected chi connectivity index (χ1v) is 7.28. The highest BCUT2D eigenvalue weighted by Crippen LogP contribution is 2.16. The van der Waals surface area contributed by atoms with E-state index in [1.54, 1.807) is 0 Å². The lowest BCUT2D eigenvalue weighted by Gasteiger charge is -2.31. The maximum absolute atomic E-state index is 11.9. The zero-order valence-electron chi connectivity index (χ0n) is 12.9. The zero-order chi connectivity index (χ0) is 15.7. The molecule has 1 saturated heterocycles. The lowest BCUT2D eigenvalue weighted by atomic mass is 9.97. The highest BCUT2D eigenvalue weighted by atomic mass is 35.5. The first-order valence-electron chi connectivity index (χ1n) is 7.28. The molecule has 1 unspecified atom stereocenters. The van der Waals surface area contributed by atoms with E-state index >= 15 is 0 Å². The van der Waals surface area contributed by atoms with E-state index in [-0.39, 0.29) is 36.6 Å². The van der Waals surface area contributed by atoms with Gasteiger partial charge in [0.25, 0.3) is 0 Å². The lowest BCUT2D eigenvalue weighted by Crippen LogP contribution is -2.45. The van der Waals surface area contributed by atoms with Crippen molar-refractivity contribution in [1.29, 1.82) is 0 Å². The fourth-order valence-electron chi connectivity index (χ4n) is 2.32. The van der Waals surface area contributed by atoms with Crippen LogP contribution >= 0.6 is 12.4 Å². The van der Waals surface area contributed by atoms with Gasteiger partial charge in [0.1, 0.15) is 0 Å². The van der Waals surface area contributed by atoms with Crippen LogP contribution in [0.15, 0.2) is 0 Å². The second-order valence-electron chi connectivity index (χ2n) is 5.10. The minimum Gasteiger partial charge on any atom is -0.355 e. The molecule has 4 amide bonds. The molecule has 0 spiro atoms. The van der Waals surface area contributed by atoms with Gasteiger partial charge in [0.2, 0.25) is 11.8 Å². The highest BCUT2D eigenvalue weighted by Gasteiger charge is 2.25. The number of hydrogen-bond donors (Lipinski definition) is 4. The first kappa shape index (κ1) is 20.6. The van der Waals surface area contributed by atoms with Crippen molar-refractivity contribution >= 4 is 30.3 Å². The summed E-state index contributed by atoms with van der Waals surface area (Å²) in [6, 6.07) is -0.502. The van der Waals surface area contributed by atoms with Gasteiger partial charge in [-0.05, 0) is 19.4 Å². The zero-order valence-corrected chi connectivity index (χ0v) is 13.7. The molecule has 128 valence electrons. The van der Waals surface area contributed by atoms with Crippen LogP contribution in [0.2, 0.25) is 0 Å². The standard InChI is InChI=1S/C13H25N5O3.ClH/c1-15-13(21)17-11(19)4-8-18-7-2-3-10(9-18)12(20)16-6-5-14;/h10H,2-9,14H2,1H3,(H,16,20)(H2,15,17,19,21);1H. The molecule has 1 fully saturated rings. The van der Waals surface area contributed by atoms with Gasteiger partial charge in [-0.3, -0.25) is 14.9 Å². The summed E-state index contributed by atoms with van der Waals surface area (Å²) in [5.41, 5.74) is 5.36. The largest absolute Gasteiger partial charge is 0.355 e. The number of halogens is 1. The van der Waals surface area contributed by atoms with Crippen LogP contribution in [-0.2, 0) is 9.59 Å². The number of carbonyl (C=O) groups excluding carboxylic acids is 3. The minimum absolute atomic E-state index is 0. The molecule has 0 radical (unpaired) electrons. The number of nitrogens with zero attached hydrogens (tertiary/aromatic N) is 1. The van der Waals surface area contributed by atoms with Crippen LogP contribution in [-0.4, -0.2) is 62.5 Å². The summed E-state index contributed by atoms with van der Waals surface area (Å²) in [7, 11) is 1.46. The molecule has 0 aromatic rings. The molecule has 5 N–H and O–H groups in total. The molecule has 8 nitrogen and oxygen atoms in total. The van der Waals surface area contributed by atoms with Crippen LogP contribution in [0.4, 0.5) is 4.79 Å². The third kappa shape index (κ3) is 7.58. The summed E-state index contributed by atoms with van der Waals surface area (Å²) in [6.07, 6.45) is 2.03. The quantitative estimate of drug-likeness (QED) is 0.499. The average molecular weight is 336 g/mol. The molecule has 0 saturated carbocycles. The smallest absolute Gasteiger partial charge is 0.321 e. The van der Waals surface area contributed by atoms with Crippen LogP contribution in [0.1, 0.15) is 19.3 Å². The second kappa shape index (κ2) is 11.2. The first-order chi connectivity index (χ1) is 10.1. The predicted octanol–water partition coefficient (Wildman–Crippen LogP) is -0.959. The second-order valence-corrected chi connectivity index (χ2v) is 5.10. The number of likely N-dealkylation sites (tertiary alicyclic amines) is 1. The molecule has 1 heterocycles. The van der Waals surface area contributed by atoms with Gasteiger partial charge < -0.3 is 21.3 Å². The third-order valence-electron chi connectivity index (χ3n) is 3.45. The van der Waals surface area contributed by atoms with Crippen molar-refractivity contribution in [2.75, 3.05) is 39.8 Å². The van der Waals surface area contributed by atoms with Crippen LogP contribution in [0.25, 0.3) is 0 Å². The van der Waals surface area contributed by atoms with E-state index in [1.807, 2.05) is 0 Å². The van der Waals surface area contributed by atoms with E-state index in [0.717, 1.165) is 19.4 Å². The summed E-state index contributed by atoms with van der Waals surface area (Å²) >= 11 is 0. The normalized spacial score (nSPS) is 18.0. The van der Waals surface area contributed by atoms with Crippen molar-refractivity contribution in [1.82, 2.24) is 20.9 Å². The topological polar surface area (TPSA) is 117 Å². The summed E-state index contributed by atoms with van der Waals surface area (Å²) < 4.78 is 0. The van der Waals surface area contributed by atoms with Crippen LogP contribution in [0.5, 0.6) is 0 Å². The van der Waals surface area contributed by atoms with Crippen molar-refractivity contribution in [3.63, 3.8) is 0 Å². The van der Waals surface area contributed by atoms with Crippen LogP contribution in [0, 0.1) is 5.92 Å². The van der Waals surface area contributed by atoms with Crippen molar-refractivity contribution in [3.8, 4) is 0 Å². The molecule has 1 aliphatic heterocycles. The monoisotopic (exact) mass is 335 g/mol. The van der Waals surface area contributed by atoms with Gasteiger partial charge in [-0.15, -0.1) is 12.4 Å². The minimum atomic E-state index is -0.502. The predicted molar refractivity (Wildman–Crippen MR) is 85.7 cm³/mol. The Morgan fingerprint density at radius 1 is 1.32 bits per heavy atom. The molecule has 0 bridgehead atoms. The maximum atomic E-state index is 11.9. The van der Waals surface area contributed by atoms with Gasteiger partial charge in [0.05, 0.1) is 5.92 Å². The molecule has 1 atom stereocenters. The van der Waals surface area contributed by atoms with E-state index in [4.69, 9.17) is 5.73 Å². The number of urea groups is 1. The summed E-state index contributed by atoms with van der Waals surface area (Å²) in [4.78, 5) is 36.5. The SMILES string of the molecule is CNC(=O)NC(=O)CCN1CCCC(C(=O)NCCN)C1.Cl. The van der Waals surface area contributed by atoms with E-state index in [1.165, 1.54) is 7.05 Å². The van der Waals surface area contributed by atoms with E-state index in [9.17, 15) is 14.4 Å². The van der Waals surface area contributed by atoms with E-state index in [0.29, 0.717) is 26.2 Å². The molecule has 1 aliphatic rings. The Hall–Kier alpha value is -1.38. The van der Waals surface area contributed by atoms with Crippen LogP contribution < -0.4 is 21.7 Å². The summed E-state index contributed by atoms with van der Waals surface area (Å²) in [5, 5.41) is 7.35. The lowest BCUT2D eigenvalue weighted by molar-refractivity contribution is -0.126. The Bertz CT molecular complexity index is 381. The number of nitrogens with one attached hydrogen (secondary N) is 3. The number of nitrogens with two attached hydrogens (primary N) is 1. The number of carbonyl (C=O) groups is 3. The Morgan fingerprint density at radius 2 is 2.05 bits per heavy atom. The number of piperidine rings is 1. The van der Waals surface area contributed by atoms with E-state index in [2.05, 4.69) is 20.9 Å². The van der Waals surface area contributed by atoms with Gasteiger partial charge >= 0.3 is 6.03 Å². The fraction of sp³-hybridized carbons (Fsp3) is 0.769. The molecule has 0 aromatic heterocycles. The van der Waals surface area contributed by atoms with Gasteiger partial charge in [-0.25, -0.2) is 4.79 Å². The van der Waals surface area contributed by atoms with Crippen molar-refractivity contribution in [2.24, 2.45) is 11.7 Å². The number of amides is 4. The van der Waals surface area contributed by atoms with E-state index < -0.39 is 6.03 Å². The van der Waals surface area contributed by atoms with Crippen molar-refractivity contribution in [3.05, 3.63) is 0 Å². The van der Waals surface area contributed by atoms with Gasteiger partial charge in [-0.1, -0.05) is 0 Å². The van der Waals surface area contributed by atoms with Gasteiger partial charge in [0.15, 0.2) is 0 Å². The molecule has 0 aromatic carbocycles. The molecule has 1 rings (SSSR count). The Balaban J connectivity index is 0.00000441. The molecule has 22 heavy (non-hydrogen) atoms.